The van der Waals surface area contributed by atoms with E-state index < -0.39 is 11.6 Å². The van der Waals surface area contributed by atoms with E-state index in [1.807, 2.05) is 11.4 Å². The third-order valence-electron chi connectivity index (χ3n) is 2.24. The average molecular weight is 280 g/mol. The molecule has 0 saturated carbocycles. The summed E-state index contributed by atoms with van der Waals surface area (Å²) in [6, 6.07) is 5.23. The Morgan fingerprint density at radius 2 is 2.05 bits per heavy atom. The molecule has 0 bridgehead atoms. The predicted octanol–water partition coefficient (Wildman–Crippen LogP) is 2.95. The van der Waals surface area contributed by atoms with Gasteiger partial charge >= 0.3 is 0 Å². The molecule has 1 N–H and O–H groups in total. The topological polar surface area (TPSA) is 29.5 Å². The quantitative estimate of drug-likeness (QED) is 0.876. The molecule has 5 heteroatoms. The SMILES string of the molecule is OCC#Cc1csc(COc2ccc(F)c(F)c2)c1. The Balaban J connectivity index is 1.98. The zero-order chi connectivity index (χ0) is 13.7. The zero-order valence-electron chi connectivity index (χ0n) is 9.82. The molecular formula is C14H10F2O2S. The second-order valence-corrected chi connectivity index (χ2v) is 4.62. The van der Waals surface area contributed by atoms with Gasteiger partial charge in [0.2, 0.25) is 0 Å². The lowest BCUT2D eigenvalue weighted by molar-refractivity contribution is 0.307. The number of hydrogen-bond donors (Lipinski definition) is 1. The van der Waals surface area contributed by atoms with Gasteiger partial charge in [-0.25, -0.2) is 8.78 Å². The molecule has 2 nitrogen and oxygen atoms in total. The lowest BCUT2D eigenvalue weighted by atomic mass is 10.3. The molecule has 1 aromatic heterocycles. The van der Waals surface area contributed by atoms with Gasteiger partial charge in [-0.05, 0) is 18.2 Å². The summed E-state index contributed by atoms with van der Waals surface area (Å²) >= 11 is 1.45. The van der Waals surface area contributed by atoms with Crippen LogP contribution in [-0.4, -0.2) is 11.7 Å². The van der Waals surface area contributed by atoms with Gasteiger partial charge in [-0.1, -0.05) is 11.8 Å². The van der Waals surface area contributed by atoms with E-state index in [-0.39, 0.29) is 19.0 Å². The first-order valence-corrected chi connectivity index (χ1v) is 6.32. The summed E-state index contributed by atoms with van der Waals surface area (Å²) in [6.45, 7) is 0.0765. The van der Waals surface area contributed by atoms with Crippen LogP contribution in [0.3, 0.4) is 0 Å². The second-order valence-electron chi connectivity index (χ2n) is 3.63. The maximum absolute atomic E-state index is 13.0. The number of aliphatic hydroxyl groups excluding tert-OH is 1. The van der Waals surface area contributed by atoms with Crippen molar-refractivity contribution in [3.8, 4) is 17.6 Å². The van der Waals surface area contributed by atoms with Gasteiger partial charge in [-0.15, -0.1) is 11.3 Å². The van der Waals surface area contributed by atoms with Gasteiger partial charge in [0, 0.05) is 21.9 Å². The smallest absolute Gasteiger partial charge is 0.162 e. The molecule has 0 radical (unpaired) electrons. The fraction of sp³-hybridized carbons (Fsp3) is 0.143. The molecule has 0 aliphatic carbocycles. The fourth-order valence-corrected chi connectivity index (χ4v) is 2.11. The van der Waals surface area contributed by atoms with E-state index in [0.717, 1.165) is 22.6 Å². The maximum atomic E-state index is 13.0. The van der Waals surface area contributed by atoms with Gasteiger partial charge in [0.05, 0.1) is 0 Å². The van der Waals surface area contributed by atoms with E-state index in [0.29, 0.717) is 0 Å². The van der Waals surface area contributed by atoms with Crippen molar-refractivity contribution in [3.63, 3.8) is 0 Å². The molecule has 19 heavy (non-hydrogen) atoms. The van der Waals surface area contributed by atoms with Gasteiger partial charge in [0.15, 0.2) is 11.6 Å². The molecule has 2 aromatic rings. The van der Waals surface area contributed by atoms with Gasteiger partial charge < -0.3 is 9.84 Å². The van der Waals surface area contributed by atoms with Crippen molar-refractivity contribution >= 4 is 11.3 Å². The molecule has 0 spiro atoms. The van der Waals surface area contributed by atoms with Crippen molar-refractivity contribution in [3.05, 3.63) is 51.7 Å². The van der Waals surface area contributed by atoms with E-state index in [1.54, 1.807) is 0 Å². The Labute approximate surface area is 113 Å². The van der Waals surface area contributed by atoms with Crippen LogP contribution >= 0.6 is 11.3 Å². The highest BCUT2D eigenvalue weighted by Gasteiger charge is 2.04. The summed E-state index contributed by atoms with van der Waals surface area (Å²) in [6.07, 6.45) is 0. The third-order valence-corrected chi connectivity index (χ3v) is 3.15. The van der Waals surface area contributed by atoms with Crippen LogP contribution in [0.4, 0.5) is 8.78 Å². The van der Waals surface area contributed by atoms with Crippen molar-refractivity contribution in [2.75, 3.05) is 6.61 Å². The van der Waals surface area contributed by atoms with Gasteiger partial charge in [0.25, 0.3) is 0 Å². The number of hydrogen-bond acceptors (Lipinski definition) is 3. The van der Waals surface area contributed by atoms with E-state index in [4.69, 9.17) is 9.84 Å². The van der Waals surface area contributed by atoms with Crippen LogP contribution in [0.2, 0.25) is 0 Å². The monoisotopic (exact) mass is 280 g/mol. The molecular weight excluding hydrogens is 270 g/mol. The molecule has 0 aliphatic rings. The first-order chi connectivity index (χ1) is 9.19. The number of benzene rings is 1. The average Bonchev–Trinajstić information content (AvgIpc) is 2.86. The Morgan fingerprint density at radius 1 is 1.21 bits per heavy atom. The molecule has 2 rings (SSSR count). The zero-order valence-corrected chi connectivity index (χ0v) is 10.6. The number of halogens is 2. The van der Waals surface area contributed by atoms with Crippen molar-refractivity contribution in [1.29, 1.82) is 0 Å². The van der Waals surface area contributed by atoms with Gasteiger partial charge in [-0.2, -0.15) is 0 Å². The molecule has 0 aliphatic heterocycles. The van der Waals surface area contributed by atoms with E-state index in [2.05, 4.69) is 11.8 Å². The first-order valence-electron chi connectivity index (χ1n) is 5.44. The number of ether oxygens (including phenoxy) is 1. The van der Waals surface area contributed by atoms with Gasteiger partial charge in [0.1, 0.15) is 19.0 Å². The molecule has 98 valence electrons. The maximum Gasteiger partial charge on any atom is 0.162 e. The van der Waals surface area contributed by atoms with Crippen molar-refractivity contribution in [1.82, 2.24) is 0 Å². The van der Waals surface area contributed by atoms with E-state index >= 15 is 0 Å². The van der Waals surface area contributed by atoms with Crippen LogP contribution in [0.15, 0.2) is 29.6 Å². The summed E-state index contributed by atoms with van der Waals surface area (Å²) in [5.41, 5.74) is 0.794. The minimum Gasteiger partial charge on any atom is -0.488 e. The third kappa shape index (κ3) is 3.78. The molecule has 1 heterocycles. The second kappa shape index (κ2) is 6.32. The summed E-state index contributed by atoms with van der Waals surface area (Å²) in [7, 11) is 0. The minimum atomic E-state index is -0.932. The van der Waals surface area contributed by atoms with Crippen LogP contribution in [0.1, 0.15) is 10.4 Å². The number of aliphatic hydroxyl groups is 1. The van der Waals surface area contributed by atoms with Crippen LogP contribution < -0.4 is 4.74 Å². The van der Waals surface area contributed by atoms with E-state index in [9.17, 15) is 8.78 Å². The van der Waals surface area contributed by atoms with E-state index in [1.165, 1.54) is 17.4 Å². The molecule has 1 aromatic carbocycles. The number of rotatable bonds is 3. The molecule has 0 unspecified atom stereocenters. The van der Waals surface area contributed by atoms with Crippen LogP contribution in [0.25, 0.3) is 0 Å². The molecule has 0 atom stereocenters. The Morgan fingerprint density at radius 3 is 2.79 bits per heavy atom. The molecule has 0 fully saturated rings. The largest absolute Gasteiger partial charge is 0.488 e. The molecule has 0 saturated heterocycles. The summed E-state index contributed by atoms with van der Waals surface area (Å²) in [4.78, 5) is 0.909. The predicted molar refractivity (Wildman–Crippen MR) is 69.0 cm³/mol. The lowest BCUT2D eigenvalue weighted by Gasteiger charge is -2.04. The minimum absolute atomic E-state index is 0.184. The van der Waals surface area contributed by atoms with Gasteiger partial charge in [-0.3, -0.25) is 0 Å². The fourth-order valence-electron chi connectivity index (χ4n) is 1.38. The van der Waals surface area contributed by atoms with Crippen molar-refractivity contribution < 1.29 is 18.6 Å². The Kier molecular flexibility index (Phi) is 4.50. The molecule has 0 amide bonds. The van der Waals surface area contributed by atoms with Crippen molar-refractivity contribution in [2.45, 2.75) is 6.61 Å². The number of thiophene rings is 1. The summed E-state index contributed by atoms with van der Waals surface area (Å²) < 4.78 is 31.0. The standard InChI is InChI=1S/C14H10F2O2S/c15-13-4-3-11(7-14(13)16)18-8-12-6-10(9-19-12)2-1-5-17/h3-4,6-7,9,17H,5,8H2. The summed E-state index contributed by atoms with van der Waals surface area (Å²) in [5, 5.41) is 10.4. The highest BCUT2D eigenvalue weighted by atomic mass is 32.1. The normalized spacial score (nSPS) is 9.84. The first kappa shape index (κ1) is 13.5. The van der Waals surface area contributed by atoms with Crippen LogP contribution in [-0.2, 0) is 6.61 Å². The summed E-state index contributed by atoms with van der Waals surface area (Å²) in [5.74, 6) is 3.76. The highest BCUT2D eigenvalue weighted by molar-refractivity contribution is 7.10. The Hall–Kier alpha value is -1.90. The van der Waals surface area contributed by atoms with Crippen LogP contribution in [0.5, 0.6) is 5.75 Å². The Bertz CT molecular complexity index is 626. The van der Waals surface area contributed by atoms with Crippen LogP contribution in [0, 0.1) is 23.5 Å². The lowest BCUT2D eigenvalue weighted by Crippen LogP contribution is -1.94. The highest BCUT2D eigenvalue weighted by Crippen LogP contribution is 2.19. The van der Waals surface area contributed by atoms with Crippen molar-refractivity contribution in [2.24, 2.45) is 0 Å².